The van der Waals surface area contributed by atoms with Gasteiger partial charge in [0.25, 0.3) is 0 Å². The first-order chi connectivity index (χ1) is 8.17. The minimum atomic E-state index is -0.534. The summed E-state index contributed by atoms with van der Waals surface area (Å²) >= 11 is 0. The number of carbonyl (C=O) groups is 1. The van der Waals surface area contributed by atoms with Gasteiger partial charge in [-0.05, 0) is 32.6 Å². The Bertz CT molecular complexity index is 265. The summed E-state index contributed by atoms with van der Waals surface area (Å²) in [5, 5.41) is 0. The Kier molecular flexibility index (Phi) is 4.08. The fraction of sp³-hybridized carbons (Fsp3) is 0.929. The molecule has 0 unspecified atom stereocenters. The maximum atomic E-state index is 12.6. The molecule has 2 fully saturated rings. The Hall–Kier alpha value is -0.570. The van der Waals surface area contributed by atoms with E-state index in [1.165, 1.54) is 32.1 Å². The van der Waals surface area contributed by atoms with Crippen LogP contribution in [0.5, 0.6) is 0 Å². The number of rotatable bonds is 3. The lowest BCUT2D eigenvalue weighted by Gasteiger charge is -2.38. The number of nitrogens with two attached hydrogens (primary N) is 1. The molecule has 0 aromatic heterocycles. The molecule has 0 radical (unpaired) electrons. The van der Waals surface area contributed by atoms with Gasteiger partial charge in [-0.1, -0.05) is 32.1 Å². The van der Waals surface area contributed by atoms with Gasteiger partial charge in [-0.3, -0.25) is 4.79 Å². The van der Waals surface area contributed by atoms with Crippen LogP contribution in [-0.4, -0.2) is 28.9 Å². The predicted molar refractivity (Wildman–Crippen MR) is 69.6 cm³/mol. The summed E-state index contributed by atoms with van der Waals surface area (Å²) in [6.45, 7) is 2.91. The Morgan fingerprint density at radius 2 is 1.76 bits per heavy atom. The van der Waals surface area contributed by atoms with Crippen LogP contribution in [0.3, 0.4) is 0 Å². The number of likely N-dealkylation sites (N-methyl/N-ethyl adjacent to an activating group) is 1. The molecule has 2 rings (SSSR count). The third-order valence-electron chi connectivity index (χ3n) is 4.54. The first kappa shape index (κ1) is 12.9. The summed E-state index contributed by atoms with van der Waals surface area (Å²) in [5.41, 5.74) is 5.76. The summed E-state index contributed by atoms with van der Waals surface area (Å²) in [5.74, 6) is 0.226. The van der Waals surface area contributed by atoms with Crippen LogP contribution in [0.25, 0.3) is 0 Å². The minimum Gasteiger partial charge on any atom is -0.338 e. The van der Waals surface area contributed by atoms with Crippen molar-refractivity contribution in [3.63, 3.8) is 0 Å². The quantitative estimate of drug-likeness (QED) is 0.821. The van der Waals surface area contributed by atoms with E-state index in [4.69, 9.17) is 5.73 Å². The molecule has 0 saturated heterocycles. The average molecular weight is 238 g/mol. The van der Waals surface area contributed by atoms with Crippen LogP contribution in [0, 0.1) is 0 Å². The number of nitrogens with zero attached hydrogens (tertiary/aromatic N) is 1. The lowest BCUT2D eigenvalue weighted by atomic mass is 9.91. The van der Waals surface area contributed by atoms with E-state index in [2.05, 4.69) is 11.8 Å². The summed E-state index contributed by atoms with van der Waals surface area (Å²) in [6.07, 6.45) is 10.2. The van der Waals surface area contributed by atoms with Gasteiger partial charge in [0.15, 0.2) is 0 Å². The van der Waals surface area contributed by atoms with Gasteiger partial charge in [-0.15, -0.1) is 0 Å². The zero-order valence-electron chi connectivity index (χ0n) is 11.1. The van der Waals surface area contributed by atoms with Gasteiger partial charge in [-0.2, -0.15) is 0 Å². The highest BCUT2D eigenvalue weighted by Gasteiger charge is 2.41. The second kappa shape index (κ2) is 5.38. The van der Waals surface area contributed by atoms with Crippen LogP contribution in [0.4, 0.5) is 0 Å². The van der Waals surface area contributed by atoms with E-state index in [0.29, 0.717) is 6.04 Å². The van der Waals surface area contributed by atoms with E-state index in [0.717, 1.165) is 32.2 Å². The highest BCUT2D eigenvalue weighted by molar-refractivity contribution is 5.86. The molecule has 0 bridgehead atoms. The highest BCUT2D eigenvalue weighted by Crippen LogP contribution is 2.31. The predicted octanol–water partition coefficient (Wildman–Crippen LogP) is 2.44. The normalized spacial score (nSPS) is 24.8. The molecule has 1 amide bonds. The molecule has 2 aliphatic carbocycles. The summed E-state index contributed by atoms with van der Waals surface area (Å²) in [4.78, 5) is 14.7. The molecule has 0 heterocycles. The highest BCUT2D eigenvalue weighted by atomic mass is 16.2. The van der Waals surface area contributed by atoms with Crippen molar-refractivity contribution in [2.45, 2.75) is 76.3 Å². The second-order valence-corrected chi connectivity index (χ2v) is 5.75. The van der Waals surface area contributed by atoms with E-state index in [9.17, 15) is 4.79 Å². The molecular weight excluding hydrogens is 212 g/mol. The first-order valence-corrected chi connectivity index (χ1v) is 7.27. The molecule has 3 heteroatoms. The minimum absolute atomic E-state index is 0.226. The monoisotopic (exact) mass is 238 g/mol. The van der Waals surface area contributed by atoms with Crippen LogP contribution >= 0.6 is 0 Å². The van der Waals surface area contributed by atoms with Crippen molar-refractivity contribution in [3.8, 4) is 0 Å². The molecule has 3 nitrogen and oxygen atoms in total. The number of amides is 1. The van der Waals surface area contributed by atoms with E-state index < -0.39 is 5.54 Å². The van der Waals surface area contributed by atoms with Crippen molar-refractivity contribution in [1.82, 2.24) is 4.90 Å². The molecule has 0 aromatic rings. The number of hydrogen-bond donors (Lipinski definition) is 1. The maximum absolute atomic E-state index is 12.6. The van der Waals surface area contributed by atoms with Crippen LogP contribution in [0.1, 0.15) is 64.7 Å². The van der Waals surface area contributed by atoms with Gasteiger partial charge in [0, 0.05) is 12.6 Å². The first-order valence-electron chi connectivity index (χ1n) is 7.27. The molecule has 0 atom stereocenters. The van der Waals surface area contributed by atoms with Crippen LogP contribution < -0.4 is 5.73 Å². The van der Waals surface area contributed by atoms with Crippen molar-refractivity contribution in [1.29, 1.82) is 0 Å². The molecular formula is C14H26N2O. The van der Waals surface area contributed by atoms with Gasteiger partial charge in [0.05, 0.1) is 5.54 Å². The van der Waals surface area contributed by atoms with Crippen LogP contribution in [0.15, 0.2) is 0 Å². The van der Waals surface area contributed by atoms with Gasteiger partial charge in [0.1, 0.15) is 0 Å². The standard InChI is InChI=1S/C14H26N2O/c1-2-16(12-8-4-3-5-9-12)13(17)14(15)10-6-7-11-14/h12H,2-11,15H2,1H3. The van der Waals surface area contributed by atoms with E-state index >= 15 is 0 Å². The van der Waals surface area contributed by atoms with Crippen molar-refractivity contribution in [2.24, 2.45) is 5.73 Å². The Balaban J connectivity index is 2.03. The fourth-order valence-electron chi connectivity index (χ4n) is 3.47. The lowest BCUT2D eigenvalue weighted by Crippen LogP contribution is -2.56. The van der Waals surface area contributed by atoms with Gasteiger partial charge >= 0.3 is 0 Å². The van der Waals surface area contributed by atoms with Crippen molar-refractivity contribution in [2.75, 3.05) is 6.54 Å². The topological polar surface area (TPSA) is 46.3 Å². The zero-order chi connectivity index (χ0) is 12.3. The van der Waals surface area contributed by atoms with Crippen LogP contribution in [-0.2, 0) is 4.79 Å². The third kappa shape index (κ3) is 2.65. The largest absolute Gasteiger partial charge is 0.338 e. The second-order valence-electron chi connectivity index (χ2n) is 5.75. The Labute approximate surface area is 105 Å². The SMILES string of the molecule is CCN(C(=O)C1(N)CCCC1)C1CCCCC1. The average Bonchev–Trinajstić information content (AvgIpc) is 2.80. The van der Waals surface area contributed by atoms with Crippen LogP contribution in [0.2, 0.25) is 0 Å². The number of carbonyl (C=O) groups excluding carboxylic acids is 1. The van der Waals surface area contributed by atoms with Gasteiger partial charge in [-0.25, -0.2) is 0 Å². The Morgan fingerprint density at radius 3 is 2.29 bits per heavy atom. The third-order valence-corrected chi connectivity index (χ3v) is 4.54. The molecule has 2 saturated carbocycles. The molecule has 0 aromatic carbocycles. The van der Waals surface area contributed by atoms with E-state index in [-0.39, 0.29) is 5.91 Å². The molecule has 0 aliphatic heterocycles. The van der Waals surface area contributed by atoms with Gasteiger partial charge < -0.3 is 10.6 Å². The Morgan fingerprint density at radius 1 is 1.18 bits per heavy atom. The van der Waals surface area contributed by atoms with Crippen molar-refractivity contribution in [3.05, 3.63) is 0 Å². The smallest absolute Gasteiger partial charge is 0.242 e. The molecule has 2 aliphatic rings. The summed E-state index contributed by atoms with van der Waals surface area (Å²) < 4.78 is 0. The zero-order valence-corrected chi connectivity index (χ0v) is 11.1. The summed E-state index contributed by atoms with van der Waals surface area (Å²) in [6, 6.07) is 0.460. The molecule has 2 N–H and O–H groups in total. The van der Waals surface area contributed by atoms with Crippen molar-refractivity contribution >= 4 is 5.91 Å². The van der Waals surface area contributed by atoms with E-state index in [1.807, 2.05) is 0 Å². The maximum Gasteiger partial charge on any atom is 0.242 e. The fourth-order valence-corrected chi connectivity index (χ4v) is 3.47. The summed E-state index contributed by atoms with van der Waals surface area (Å²) in [7, 11) is 0. The molecule has 17 heavy (non-hydrogen) atoms. The number of hydrogen-bond acceptors (Lipinski definition) is 2. The van der Waals surface area contributed by atoms with E-state index in [1.54, 1.807) is 0 Å². The van der Waals surface area contributed by atoms with Gasteiger partial charge in [0.2, 0.25) is 5.91 Å². The van der Waals surface area contributed by atoms with Crippen molar-refractivity contribution < 1.29 is 4.79 Å². The lowest BCUT2D eigenvalue weighted by molar-refractivity contribution is -0.139. The molecule has 0 spiro atoms. The molecule has 98 valence electrons.